The van der Waals surface area contributed by atoms with Crippen molar-refractivity contribution in [3.63, 3.8) is 0 Å². The molecule has 1 amide bonds. The summed E-state index contributed by atoms with van der Waals surface area (Å²) in [4.78, 5) is 27.5. The molecule has 0 spiro atoms. The summed E-state index contributed by atoms with van der Waals surface area (Å²) in [5.74, 6) is -0.322. The number of benzene rings is 1. The van der Waals surface area contributed by atoms with Crippen molar-refractivity contribution in [2.24, 2.45) is 0 Å². The number of carbonyl (C=O) groups excluding carboxylic acids is 1. The number of nitro benzene ring substituents is 1. The van der Waals surface area contributed by atoms with Crippen molar-refractivity contribution in [2.45, 2.75) is 20.4 Å². The fourth-order valence-electron chi connectivity index (χ4n) is 3.31. The van der Waals surface area contributed by atoms with Gasteiger partial charge in [0.15, 0.2) is 11.3 Å². The second-order valence-electron chi connectivity index (χ2n) is 6.68. The number of aryl methyl sites for hydroxylation is 1. The Kier molecular flexibility index (Phi) is 5.07. The van der Waals surface area contributed by atoms with Crippen molar-refractivity contribution in [3.05, 3.63) is 64.2 Å². The van der Waals surface area contributed by atoms with Crippen molar-refractivity contribution in [1.29, 1.82) is 0 Å². The van der Waals surface area contributed by atoms with Crippen molar-refractivity contribution >= 4 is 22.9 Å². The molecule has 4 rings (SSSR count). The lowest BCUT2D eigenvalue weighted by molar-refractivity contribution is -0.384. The number of amides is 1. The number of hydrogen-bond acceptors (Lipinski definition) is 7. The van der Waals surface area contributed by atoms with Gasteiger partial charge in [0.1, 0.15) is 5.75 Å². The van der Waals surface area contributed by atoms with Crippen LogP contribution in [0.4, 0.5) is 11.4 Å². The van der Waals surface area contributed by atoms with Gasteiger partial charge in [-0.15, -0.1) is 0 Å². The van der Waals surface area contributed by atoms with E-state index in [2.05, 4.69) is 20.5 Å². The number of hydrogen-bond donors (Lipinski definition) is 1. The smallest absolute Gasteiger partial charge is 0.276 e. The molecule has 158 valence electrons. The molecule has 3 heterocycles. The van der Waals surface area contributed by atoms with E-state index in [1.165, 1.54) is 25.3 Å². The molecule has 0 unspecified atom stereocenters. The first-order chi connectivity index (χ1) is 14.9. The summed E-state index contributed by atoms with van der Waals surface area (Å²) in [6.07, 6.45) is 3.41. The molecule has 3 aromatic heterocycles. The predicted octanol–water partition coefficient (Wildman–Crippen LogP) is 3.09. The number of nitro groups is 1. The molecular formula is C20H19N7O4. The van der Waals surface area contributed by atoms with E-state index in [0.717, 1.165) is 23.5 Å². The van der Waals surface area contributed by atoms with Crippen molar-refractivity contribution in [2.75, 3.05) is 12.4 Å². The van der Waals surface area contributed by atoms with Gasteiger partial charge in [0.25, 0.3) is 11.6 Å². The molecule has 0 radical (unpaired) electrons. The molecule has 0 atom stereocenters. The molecule has 0 fully saturated rings. The minimum absolute atomic E-state index is 0.139. The Labute approximate surface area is 176 Å². The van der Waals surface area contributed by atoms with Gasteiger partial charge in [-0.1, -0.05) is 0 Å². The number of nitrogens with zero attached hydrogens (tertiary/aromatic N) is 6. The SMILES string of the molecule is CCn1ncc(-c2ccnc3cc(C(=O)Nc4ccc([N+](=O)[O-])cc4OC)nn23)c1C. The van der Waals surface area contributed by atoms with Crippen molar-refractivity contribution in [1.82, 2.24) is 24.4 Å². The van der Waals surface area contributed by atoms with Crippen LogP contribution in [0.3, 0.4) is 0 Å². The number of anilines is 1. The van der Waals surface area contributed by atoms with Crippen molar-refractivity contribution in [3.8, 4) is 17.0 Å². The Bertz CT molecular complexity index is 1310. The summed E-state index contributed by atoms with van der Waals surface area (Å²) >= 11 is 0. The molecule has 0 aliphatic carbocycles. The van der Waals surface area contributed by atoms with E-state index in [0.29, 0.717) is 11.3 Å². The molecule has 0 aliphatic heterocycles. The first-order valence-corrected chi connectivity index (χ1v) is 9.44. The molecule has 11 heteroatoms. The van der Waals surface area contributed by atoms with Crippen LogP contribution in [-0.4, -0.2) is 42.3 Å². The molecule has 11 nitrogen and oxygen atoms in total. The summed E-state index contributed by atoms with van der Waals surface area (Å²) in [5.41, 5.74) is 3.42. The van der Waals surface area contributed by atoms with Gasteiger partial charge < -0.3 is 10.1 Å². The lowest BCUT2D eigenvalue weighted by Gasteiger charge is -2.08. The van der Waals surface area contributed by atoms with Crippen LogP contribution in [0.25, 0.3) is 16.9 Å². The van der Waals surface area contributed by atoms with Crippen LogP contribution in [0.2, 0.25) is 0 Å². The van der Waals surface area contributed by atoms with Crippen LogP contribution >= 0.6 is 0 Å². The highest BCUT2D eigenvalue weighted by atomic mass is 16.6. The second kappa shape index (κ2) is 7.86. The number of fused-ring (bicyclic) bond motifs is 1. The van der Waals surface area contributed by atoms with Crippen LogP contribution < -0.4 is 10.1 Å². The molecule has 4 aromatic rings. The molecular weight excluding hydrogens is 402 g/mol. The fourth-order valence-corrected chi connectivity index (χ4v) is 3.31. The van der Waals surface area contributed by atoms with Gasteiger partial charge in [-0.3, -0.25) is 19.6 Å². The van der Waals surface area contributed by atoms with E-state index >= 15 is 0 Å². The van der Waals surface area contributed by atoms with Crippen molar-refractivity contribution < 1.29 is 14.5 Å². The summed E-state index contributed by atoms with van der Waals surface area (Å²) in [5, 5.41) is 22.4. The predicted molar refractivity (Wildman–Crippen MR) is 112 cm³/mol. The maximum absolute atomic E-state index is 12.8. The molecule has 0 aliphatic rings. The number of rotatable bonds is 6. The molecule has 1 N–H and O–H groups in total. The van der Waals surface area contributed by atoms with E-state index < -0.39 is 10.8 Å². The molecule has 1 aromatic carbocycles. The number of aromatic nitrogens is 5. The zero-order chi connectivity index (χ0) is 22.1. The van der Waals surface area contributed by atoms with Crippen LogP contribution in [0.5, 0.6) is 5.75 Å². The van der Waals surface area contributed by atoms with E-state index in [9.17, 15) is 14.9 Å². The Balaban J connectivity index is 1.69. The number of methoxy groups -OCH3 is 1. The molecule has 0 saturated heterocycles. The summed E-state index contributed by atoms with van der Waals surface area (Å²) < 4.78 is 8.63. The third kappa shape index (κ3) is 3.56. The fraction of sp³-hybridized carbons (Fsp3) is 0.200. The maximum Gasteiger partial charge on any atom is 0.276 e. The summed E-state index contributed by atoms with van der Waals surface area (Å²) in [6, 6.07) is 7.32. The van der Waals surface area contributed by atoms with E-state index in [1.807, 2.05) is 24.6 Å². The lowest BCUT2D eigenvalue weighted by atomic mass is 10.2. The highest BCUT2D eigenvalue weighted by Gasteiger charge is 2.19. The number of ether oxygens (including phenoxy) is 1. The van der Waals surface area contributed by atoms with E-state index in [-0.39, 0.29) is 17.1 Å². The summed E-state index contributed by atoms with van der Waals surface area (Å²) in [6.45, 7) is 4.72. The zero-order valence-corrected chi connectivity index (χ0v) is 17.1. The number of nitrogens with one attached hydrogen (secondary N) is 1. The van der Waals surface area contributed by atoms with E-state index in [1.54, 1.807) is 23.0 Å². The Morgan fingerprint density at radius 1 is 1.29 bits per heavy atom. The topological polar surface area (TPSA) is 129 Å². The quantitative estimate of drug-likeness (QED) is 0.374. The zero-order valence-electron chi connectivity index (χ0n) is 17.1. The Hall–Kier alpha value is -4.28. The monoisotopic (exact) mass is 421 g/mol. The molecule has 0 saturated carbocycles. The average molecular weight is 421 g/mol. The van der Waals surface area contributed by atoms with Gasteiger partial charge >= 0.3 is 0 Å². The first-order valence-electron chi connectivity index (χ1n) is 9.44. The lowest BCUT2D eigenvalue weighted by Crippen LogP contribution is -2.13. The van der Waals surface area contributed by atoms with Crippen LogP contribution in [0.15, 0.2) is 42.7 Å². The van der Waals surface area contributed by atoms with Gasteiger partial charge in [-0.2, -0.15) is 10.2 Å². The number of carbonyl (C=O) groups is 1. The number of non-ortho nitro benzene ring substituents is 1. The minimum atomic E-state index is -0.536. The highest BCUT2D eigenvalue weighted by Crippen LogP contribution is 2.29. The summed E-state index contributed by atoms with van der Waals surface area (Å²) in [7, 11) is 1.37. The normalized spacial score (nSPS) is 10.9. The standard InChI is InChI=1S/C20H19N7O4/c1-4-25-12(2)14(11-22-25)17-7-8-21-19-10-16(24-26(17)19)20(28)23-15-6-5-13(27(29)30)9-18(15)31-3/h5-11H,4H2,1-3H3,(H,23,28). The van der Waals surface area contributed by atoms with Gasteiger partial charge in [-0.25, -0.2) is 9.50 Å². The maximum atomic E-state index is 12.8. The second-order valence-corrected chi connectivity index (χ2v) is 6.68. The Morgan fingerprint density at radius 2 is 2.10 bits per heavy atom. The van der Waals surface area contributed by atoms with Gasteiger partial charge in [-0.05, 0) is 26.0 Å². The van der Waals surface area contributed by atoms with Gasteiger partial charge in [0.05, 0.1) is 35.7 Å². The molecule has 31 heavy (non-hydrogen) atoms. The van der Waals surface area contributed by atoms with Gasteiger partial charge in [0, 0.05) is 36.1 Å². The largest absolute Gasteiger partial charge is 0.494 e. The Morgan fingerprint density at radius 3 is 2.77 bits per heavy atom. The van der Waals surface area contributed by atoms with E-state index in [4.69, 9.17) is 4.74 Å². The third-order valence-electron chi connectivity index (χ3n) is 4.91. The average Bonchev–Trinajstić information content (AvgIpc) is 3.37. The highest BCUT2D eigenvalue weighted by molar-refractivity contribution is 6.04. The minimum Gasteiger partial charge on any atom is -0.494 e. The third-order valence-corrected chi connectivity index (χ3v) is 4.91. The molecule has 0 bridgehead atoms. The van der Waals surface area contributed by atoms with Gasteiger partial charge in [0.2, 0.25) is 0 Å². The van der Waals surface area contributed by atoms with Crippen LogP contribution in [0.1, 0.15) is 23.1 Å². The van der Waals surface area contributed by atoms with Crippen LogP contribution in [0, 0.1) is 17.0 Å². The van der Waals surface area contributed by atoms with Crippen LogP contribution in [-0.2, 0) is 6.54 Å². The first kappa shape index (κ1) is 20.0.